The van der Waals surface area contributed by atoms with E-state index in [0.29, 0.717) is 28.9 Å². The lowest BCUT2D eigenvalue weighted by Crippen LogP contribution is -2.05. The van der Waals surface area contributed by atoms with Crippen LogP contribution in [-0.4, -0.2) is 16.9 Å². The standard InChI is InChI=1S/C26H20N2O4/c1-30-21-9-7-19(8-10-21)24-17-32-25-13-22(11-12-23(25)26(24)29)31-16-18-14-27-28(15-18)20-5-3-2-4-6-20/h2-15,17H,16H2,1H3. The number of methoxy groups -OCH3 is 1. The topological polar surface area (TPSA) is 66.5 Å². The number of ether oxygens (including phenoxy) is 2. The lowest BCUT2D eigenvalue weighted by atomic mass is 10.1. The van der Waals surface area contributed by atoms with Crippen LogP contribution < -0.4 is 14.9 Å². The summed E-state index contributed by atoms with van der Waals surface area (Å²) in [5.41, 5.74) is 3.58. The monoisotopic (exact) mass is 424 g/mol. The third-order valence-electron chi connectivity index (χ3n) is 5.21. The van der Waals surface area contributed by atoms with Crippen LogP contribution in [0.2, 0.25) is 0 Å². The zero-order valence-corrected chi connectivity index (χ0v) is 17.4. The van der Waals surface area contributed by atoms with Gasteiger partial charge in [0.05, 0.1) is 29.9 Å². The van der Waals surface area contributed by atoms with Crippen molar-refractivity contribution >= 4 is 11.0 Å². The van der Waals surface area contributed by atoms with Crippen LogP contribution in [0.15, 0.2) is 101 Å². The van der Waals surface area contributed by atoms with E-state index in [2.05, 4.69) is 5.10 Å². The first-order chi connectivity index (χ1) is 15.7. The van der Waals surface area contributed by atoms with Gasteiger partial charge in [0.25, 0.3) is 0 Å². The average Bonchev–Trinajstić information content (AvgIpc) is 3.33. The number of benzene rings is 3. The molecule has 0 radical (unpaired) electrons. The molecule has 0 unspecified atom stereocenters. The minimum absolute atomic E-state index is 0.0906. The van der Waals surface area contributed by atoms with Crippen LogP contribution in [0.4, 0.5) is 0 Å². The molecule has 0 saturated heterocycles. The summed E-state index contributed by atoms with van der Waals surface area (Å²) in [4.78, 5) is 13.0. The summed E-state index contributed by atoms with van der Waals surface area (Å²) < 4.78 is 18.6. The lowest BCUT2D eigenvalue weighted by Gasteiger charge is -2.07. The Morgan fingerprint density at radius 2 is 1.75 bits per heavy atom. The van der Waals surface area contributed by atoms with E-state index in [-0.39, 0.29) is 5.43 Å². The molecule has 0 aliphatic rings. The highest BCUT2D eigenvalue weighted by Gasteiger charge is 2.11. The van der Waals surface area contributed by atoms with Gasteiger partial charge in [0.2, 0.25) is 0 Å². The average molecular weight is 424 g/mol. The van der Waals surface area contributed by atoms with Gasteiger partial charge >= 0.3 is 0 Å². The predicted octanol–water partition coefficient (Wildman–Crippen LogP) is 5.23. The number of hydrogen-bond acceptors (Lipinski definition) is 5. The summed E-state index contributed by atoms with van der Waals surface area (Å²) in [7, 11) is 1.61. The molecular formula is C26H20N2O4. The van der Waals surface area contributed by atoms with Crippen molar-refractivity contribution in [2.75, 3.05) is 7.11 Å². The van der Waals surface area contributed by atoms with Crippen LogP contribution in [0.3, 0.4) is 0 Å². The lowest BCUT2D eigenvalue weighted by molar-refractivity contribution is 0.306. The number of para-hydroxylation sites is 1. The van der Waals surface area contributed by atoms with Crippen molar-refractivity contribution in [2.45, 2.75) is 6.61 Å². The van der Waals surface area contributed by atoms with Crippen molar-refractivity contribution in [3.05, 3.63) is 107 Å². The van der Waals surface area contributed by atoms with E-state index in [0.717, 1.165) is 22.6 Å². The van der Waals surface area contributed by atoms with Gasteiger partial charge in [-0.1, -0.05) is 30.3 Å². The quantitative estimate of drug-likeness (QED) is 0.373. The number of hydrogen-bond donors (Lipinski definition) is 0. The van der Waals surface area contributed by atoms with Gasteiger partial charge in [-0.2, -0.15) is 5.10 Å². The third kappa shape index (κ3) is 3.86. The first-order valence-corrected chi connectivity index (χ1v) is 10.1. The summed E-state index contributed by atoms with van der Waals surface area (Å²) in [6.45, 7) is 0.354. The molecule has 2 aromatic heterocycles. The molecule has 0 saturated carbocycles. The normalized spacial score (nSPS) is 10.9. The Bertz CT molecular complexity index is 1420. The molecule has 5 aromatic rings. The number of aromatic nitrogens is 2. The smallest absolute Gasteiger partial charge is 0.200 e. The van der Waals surface area contributed by atoms with Crippen LogP contribution in [0.1, 0.15) is 5.56 Å². The largest absolute Gasteiger partial charge is 0.497 e. The molecule has 32 heavy (non-hydrogen) atoms. The fraction of sp³-hybridized carbons (Fsp3) is 0.0769. The molecule has 2 heterocycles. The first kappa shape index (κ1) is 19.6. The van der Waals surface area contributed by atoms with Gasteiger partial charge in [0, 0.05) is 17.8 Å². The van der Waals surface area contributed by atoms with Crippen molar-refractivity contribution in [1.82, 2.24) is 9.78 Å². The Morgan fingerprint density at radius 3 is 2.53 bits per heavy atom. The van der Waals surface area contributed by atoms with Gasteiger partial charge in [-0.05, 0) is 42.0 Å². The second-order valence-corrected chi connectivity index (χ2v) is 7.28. The van der Waals surface area contributed by atoms with Crippen LogP contribution in [-0.2, 0) is 6.61 Å². The molecule has 158 valence electrons. The highest BCUT2D eigenvalue weighted by atomic mass is 16.5. The Hall–Kier alpha value is -4.32. The van der Waals surface area contributed by atoms with Gasteiger partial charge in [-0.15, -0.1) is 0 Å². The molecule has 0 aliphatic carbocycles. The van der Waals surface area contributed by atoms with E-state index < -0.39 is 0 Å². The SMILES string of the molecule is COc1ccc(-c2coc3cc(OCc4cnn(-c5ccccc5)c4)ccc3c2=O)cc1. The molecule has 6 heteroatoms. The molecule has 0 fully saturated rings. The van der Waals surface area contributed by atoms with Crippen molar-refractivity contribution in [3.8, 4) is 28.3 Å². The van der Waals surface area contributed by atoms with Crippen molar-refractivity contribution in [1.29, 1.82) is 0 Å². The van der Waals surface area contributed by atoms with Gasteiger partial charge in [-0.3, -0.25) is 4.79 Å². The predicted molar refractivity (Wildman–Crippen MR) is 122 cm³/mol. The first-order valence-electron chi connectivity index (χ1n) is 10.1. The Kier molecular flexibility index (Phi) is 5.17. The fourth-order valence-corrected chi connectivity index (χ4v) is 3.49. The molecule has 0 atom stereocenters. The summed E-state index contributed by atoms with van der Waals surface area (Å²) in [6, 6.07) is 22.4. The van der Waals surface area contributed by atoms with Crippen LogP contribution >= 0.6 is 0 Å². The van der Waals surface area contributed by atoms with Crippen LogP contribution in [0, 0.1) is 0 Å². The van der Waals surface area contributed by atoms with E-state index >= 15 is 0 Å². The third-order valence-corrected chi connectivity index (χ3v) is 5.21. The van der Waals surface area contributed by atoms with Crippen molar-refractivity contribution < 1.29 is 13.9 Å². The molecule has 0 amide bonds. The maximum absolute atomic E-state index is 13.0. The van der Waals surface area contributed by atoms with Crippen molar-refractivity contribution in [3.63, 3.8) is 0 Å². The maximum Gasteiger partial charge on any atom is 0.200 e. The summed E-state index contributed by atoms with van der Waals surface area (Å²) in [6.07, 6.45) is 5.19. The Labute approximate surface area is 184 Å². The Balaban J connectivity index is 1.35. The van der Waals surface area contributed by atoms with Gasteiger partial charge < -0.3 is 13.9 Å². The summed E-state index contributed by atoms with van der Waals surface area (Å²) in [5.74, 6) is 1.35. The highest BCUT2D eigenvalue weighted by Crippen LogP contribution is 2.25. The minimum Gasteiger partial charge on any atom is -0.497 e. The second-order valence-electron chi connectivity index (χ2n) is 7.28. The minimum atomic E-state index is -0.0906. The second kappa shape index (κ2) is 8.43. The van der Waals surface area contributed by atoms with Crippen molar-refractivity contribution in [2.24, 2.45) is 0 Å². The van der Waals surface area contributed by atoms with E-state index in [9.17, 15) is 4.79 Å². The number of rotatable bonds is 6. The Morgan fingerprint density at radius 1 is 0.969 bits per heavy atom. The van der Waals surface area contributed by atoms with Gasteiger partial charge in [-0.25, -0.2) is 4.68 Å². The van der Waals surface area contributed by atoms with Gasteiger partial charge in [0.1, 0.15) is 30.0 Å². The molecule has 3 aromatic carbocycles. The number of fused-ring (bicyclic) bond motifs is 1. The van der Waals surface area contributed by atoms with Gasteiger partial charge in [0.15, 0.2) is 5.43 Å². The molecule has 0 bridgehead atoms. The molecular weight excluding hydrogens is 404 g/mol. The molecule has 0 spiro atoms. The fourth-order valence-electron chi connectivity index (χ4n) is 3.49. The zero-order chi connectivity index (χ0) is 21.9. The molecule has 0 N–H and O–H groups in total. The zero-order valence-electron chi connectivity index (χ0n) is 17.4. The number of nitrogens with zero attached hydrogens (tertiary/aromatic N) is 2. The summed E-state index contributed by atoms with van der Waals surface area (Å²) >= 11 is 0. The molecule has 5 rings (SSSR count). The van der Waals surface area contributed by atoms with Crippen LogP contribution in [0.25, 0.3) is 27.8 Å². The van der Waals surface area contributed by atoms with Crippen LogP contribution in [0.5, 0.6) is 11.5 Å². The summed E-state index contributed by atoms with van der Waals surface area (Å²) in [5, 5.41) is 4.88. The van der Waals surface area contributed by atoms with E-state index in [1.54, 1.807) is 36.2 Å². The molecule has 0 aliphatic heterocycles. The van der Waals surface area contributed by atoms with E-state index in [1.165, 1.54) is 6.26 Å². The van der Waals surface area contributed by atoms with E-state index in [1.807, 2.05) is 60.8 Å². The maximum atomic E-state index is 13.0. The highest BCUT2D eigenvalue weighted by molar-refractivity contribution is 5.82. The van der Waals surface area contributed by atoms with E-state index in [4.69, 9.17) is 13.9 Å². The molecule has 6 nitrogen and oxygen atoms in total.